The molecule has 2 aromatic heterocycles. The number of aryl methyl sites for hydroxylation is 2. The highest BCUT2D eigenvalue weighted by atomic mass is 16.1. The van der Waals surface area contributed by atoms with Crippen LogP contribution in [0.2, 0.25) is 0 Å². The maximum Gasteiger partial charge on any atom is 0.302 e. The van der Waals surface area contributed by atoms with Crippen molar-refractivity contribution >= 4 is 17.1 Å². The molecule has 2 heterocycles. The molecule has 0 saturated heterocycles. The molecule has 2 aromatic rings. The van der Waals surface area contributed by atoms with Crippen LogP contribution in [0.1, 0.15) is 6.92 Å². The molecule has 2 N–H and O–H groups in total. The summed E-state index contributed by atoms with van der Waals surface area (Å²) in [4.78, 5) is 19.1. The van der Waals surface area contributed by atoms with E-state index in [1.54, 1.807) is 15.5 Å². The summed E-state index contributed by atoms with van der Waals surface area (Å²) < 4.78 is 3.52. The molecule has 0 atom stereocenters. The molecule has 0 amide bonds. The Balaban J connectivity index is 3.02. The second kappa shape index (κ2) is 2.83. The lowest BCUT2D eigenvalue weighted by Crippen LogP contribution is -2.18. The van der Waals surface area contributed by atoms with Gasteiger partial charge in [-0.3, -0.25) is 9.36 Å². The van der Waals surface area contributed by atoms with Gasteiger partial charge >= 0.3 is 5.56 Å². The molecule has 0 spiro atoms. The van der Waals surface area contributed by atoms with E-state index in [0.717, 1.165) is 0 Å². The van der Waals surface area contributed by atoms with E-state index >= 15 is 0 Å². The minimum atomic E-state index is -0.372. The predicted octanol–water partition coefficient (Wildman–Crippen LogP) is -0.268. The Morgan fingerprint density at radius 2 is 2.29 bits per heavy atom. The number of fused-ring (bicyclic) bond motifs is 1. The van der Waals surface area contributed by atoms with Gasteiger partial charge in [0.05, 0.1) is 6.33 Å². The number of nitrogens with zero attached hydrogens (tertiary/aromatic N) is 4. The van der Waals surface area contributed by atoms with Crippen molar-refractivity contribution < 1.29 is 0 Å². The Kier molecular flexibility index (Phi) is 1.77. The maximum absolute atomic E-state index is 11.4. The Morgan fingerprint density at radius 1 is 1.57 bits per heavy atom. The number of hydrogen-bond donors (Lipinski definition) is 1. The fourth-order valence-corrected chi connectivity index (χ4v) is 1.53. The number of aromatic nitrogens is 4. The first-order chi connectivity index (χ1) is 6.65. The molecule has 0 saturated carbocycles. The van der Waals surface area contributed by atoms with Crippen molar-refractivity contribution in [2.75, 3.05) is 5.73 Å². The summed E-state index contributed by atoms with van der Waals surface area (Å²) >= 11 is 0. The molecule has 6 heteroatoms. The predicted molar refractivity (Wildman–Crippen MR) is 52.9 cm³/mol. The van der Waals surface area contributed by atoms with Crippen LogP contribution in [-0.4, -0.2) is 19.1 Å². The molecule has 74 valence electrons. The van der Waals surface area contributed by atoms with E-state index in [4.69, 9.17) is 5.73 Å². The Morgan fingerprint density at radius 3 is 2.93 bits per heavy atom. The van der Waals surface area contributed by atoms with E-state index in [9.17, 15) is 4.79 Å². The number of anilines is 1. The average molecular weight is 193 g/mol. The van der Waals surface area contributed by atoms with E-state index in [-0.39, 0.29) is 11.5 Å². The molecule has 0 aromatic carbocycles. The highest BCUT2D eigenvalue weighted by Gasteiger charge is 2.10. The summed E-state index contributed by atoms with van der Waals surface area (Å²) in [7, 11) is 1.82. The molecule has 6 nitrogen and oxygen atoms in total. The summed E-state index contributed by atoms with van der Waals surface area (Å²) in [6.07, 6.45) is 1.58. The van der Waals surface area contributed by atoms with Gasteiger partial charge in [-0.2, -0.15) is 4.98 Å². The molecule has 0 aliphatic heterocycles. The fourth-order valence-electron chi connectivity index (χ4n) is 1.53. The summed E-state index contributed by atoms with van der Waals surface area (Å²) in [5.41, 5.74) is 6.34. The van der Waals surface area contributed by atoms with Crippen molar-refractivity contribution in [1.82, 2.24) is 19.1 Å². The number of nitrogens with two attached hydrogens (primary N) is 1. The van der Waals surface area contributed by atoms with E-state index in [2.05, 4.69) is 9.97 Å². The maximum atomic E-state index is 11.4. The zero-order valence-electron chi connectivity index (χ0n) is 8.06. The molecule has 0 aliphatic carbocycles. The monoisotopic (exact) mass is 193 g/mol. The van der Waals surface area contributed by atoms with Crippen molar-refractivity contribution in [2.24, 2.45) is 7.05 Å². The molecule has 0 fully saturated rings. The van der Waals surface area contributed by atoms with Gasteiger partial charge in [0.15, 0.2) is 5.52 Å². The van der Waals surface area contributed by atoms with Crippen LogP contribution >= 0.6 is 0 Å². The van der Waals surface area contributed by atoms with Crippen LogP contribution in [0.4, 0.5) is 5.95 Å². The lowest BCUT2D eigenvalue weighted by molar-refractivity contribution is 0.746. The van der Waals surface area contributed by atoms with E-state index < -0.39 is 0 Å². The molecular formula is C8H11N5O. The van der Waals surface area contributed by atoms with E-state index in [1.165, 1.54) is 0 Å². The van der Waals surface area contributed by atoms with Gasteiger partial charge in [0, 0.05) is 13.6 Å². The smallest absolute Gasteiger partial charge is 0.302 e. The van der Waals surface area contributed by atoms with Gasteiger partial charge in [0.25, 0.3) is 0 Å². The SMILES string of the molecule is CCn1c(N)nc(=O)c2ncn(C)c21. The zero-order valence-corrected chi connectivity index (χ0v) is 8.06. The van der Waals surface area contributed by atoms with Crippen molar-refractivity contribution in [2.45, 2.75) is 13.5 Å². The lowest BCUT2D eigenvalue weighted by atomic mass is 10.5. The van der Waals surface area contributed by atoms with E-state index in [0.29, 0.717) is 17.7 Å². The Labute approximate surface area is 80.0 Å². The van der Waals surface area contributed by atoms with Crippen molar-refractivity contribution in [3.63, 3.8) is 0 Å². The third kappa shape index (κ3) is 1.00. The summed E-state index contributed by atoms with van der Waals surface area (Å²) in [5.74, 6) is 0.230. The van der Waals surface area contributed by atoms with Crippen LogP contribution in [0.3, 0.4) is 0 Å². The average Bonchev–Trinajstić information content (AvgIpc) is 2.50. The molecule has 0 radical (unpaired) electrons. The highest BCUT2D eigenvalue weighted by Crippen LogP contribution is 2.09. The first-order valence-corrected chi connectivity index (χ1v) is 4.32. The van der Waals surface area contributed by atoms with Gasteiger partial charge in [0.2, 0.25) is 5.95 Å². The summed E-state index contributed by atoms with van der Waals surface area (Å²) in [5, 5.41) is 0. The summed E-state index contributed by atoms with van der Waals surface area (Å²) in [6, 6.07) is 0. The minimum Gasteiger partial charge on any atom is -0.369 e. The topological polar surface area (TPSA) is 78.7 Å². The Hall–Kier alpha value is -1.85. The van der Waals surface area contributed by atoms with Gasteiger partial charge < -0.3 is 10.3 Å². The second-order valence-electron chi connectivity index (χ2n) is 3.05. The van der Waals surface area contributed by atoms with Crippen LogP contribution in [0, 0.1) is 0 Å². The van der Waals surface area contributed by atoms with Crippen LogP contribution in [0.15, 0.2) is 11.1 Å². The molecule has 0 bridgehead atoms. The molecule has 14 heavy (non-hydrogen) atoms. The third-order valence-electron chi connectivity index (χ3n) is 2.17. The van der Waals surface area contributed by atoms with Crippen LogP contribution in [0.25, 0.3) is 11.2 Å². The lowest BCUT2D eigenvalue weighted by Gasteiger charge is -2.08. The number of rotatable bonds is 1. The van der Waals surface area contributed by atoms with Crippen LogP contribution < -0.4 is 11.3 Å². The first-order valence-electron chi connectivity index (χ1n) is 4.32. The number of nitrogen functional groups attached to an aromatic ring is 1. The largest absolute Gasteiger partial charge is 0.369 e. The highest BCUT2D eigenvalue weighted by molar-refractivity contribution is 5.71. The van der Waals surface area contributed by atoms with Crippen LogP contribution in [0.5, 0.6) is 0 Å². The summed E-state index contributed by atoms with van der Waals surface area (Å²) in [6.45, 7) is 2.60. The van der Waals surface area contributed by atoms with Gasteiger partial charge in [-0.25, -0.2) is 4.98 Å². The molecule has 2 rings (SSSR count). The standard InChI is InChI=1S/C8H11N5O/c1-3-13-7-5(10-4-12(7)2)6(14)11-8(13)9/h4H,3H2,1-2H3,(H2,9,11,14). The zero-order chi connectivity index (χ0) is 10.3. The van der Waals surface area contributed by atoms with Gasteiger partial charge in [-0.15, -0.1) is 0 Å². The number of imidazole rings is 1. The van der Waals surface area contributed by atoms with Crippen molar-refractivity contribution in [1.29, 1.82) is 0 Å². The quantitative estimate of drug-likeness (QED) is 0.676. The third-order valence-corrected chi connectivity index (χ3v) is 2.17. The minimum absolute atomic E-state index is 0.230. The van der Waals surface area contributed by atoms with E-state index in [1.807, 2.05) is 14.0 Å². The second-order valence-corrected chi connectivity index (χ2v) is 3.05. The van der Waals surface area contributed by atoms with Gasteiger partial charge in [0.1, 0.15) is 5.65 Å². The van der Waals surface area contributed by atoms with Crippen LogP contribution in [-0.2, 0) is 13.6 Å². The fraction of sp³-hybridized carbons (Fsp3) is 0.375. The first kappa shape index (κ1) is 8.74. The molecular weight excluding hydrogens is 182 g/mol. The molecule has 0 aliphatic rings. The number of hydrogen-bond acceptors (Lipinski definition) is 4. The van der Waals surface area contributed by atoms with Crippen molar-refractivity contribution in [3.8, 4) is 0 Å². The van der Waals surface area contributed by atoms with Crippen molar-refractivity contribution in [3.05, 3.63) is 16.7 Å². The normalized spacial score (nSPS) is 11.0. The van der Waals surface area contributed by atoms with Gasteiger partial charge in [-0.1, -0.05) is 0 Å². The van der Waals surface area contributed by atoms with Gasteiger partial charge in [-0.05, 0) is 6.92 Å². The Bertz CT molecular complexity index is 538. The molecule has 0 unspecified atom stereocenters.